The predicted molar refractivity (Wildman–Crippen MR) is 68.7 cm³/mol. The van der Waals surface area contributed by atoms with Crippen LogP contribution in [0.15, 0.2) is 5.38 Å². The van der Waals surface area contributed by atoms with Crippen LogP contribution in [0.1, 0.15) is 30.0 Å². The Hall–Kier alpha value is -0.0600. The summed E-state index contributed by atoms with van der Waals surface area (Å²) in [5.74, 6) is 1.35. The Morgan fingerprint density at radius 2 is 2.47 bits per heavy atom. The number of hydrogen-bond acceptors (Lipinski definition) is 4. The van der Waals surface area contributed by atoms with Gasteiger partial charge in [0.05, 0.1) is 0 Å². The van der Waals surface area contributed by atoms with Crippen molar-refractivity contribution >= 4 is 23.1 Å². The van der Waals surface area contributed by atoms with Gasteiger partial charge in [0.15, 0.2) is 0 Å². The predicted octanol–water partition coefficient (Wildman–Crippen LogP) is 2.83. The molecule has 1 saturated heterocycles. The van der Waals surface area contributed by atoms with Crippen LogP contribution in [0.4, 0.5) is 0 Å². The first kappa shape index (κ1) is 11.4. The fourth-order valence-electron chi connectivity index (χ4n) is 1.79. The van der Waals surface area contributed by atoms with Crippen LogP contribution >= 0.6 is 23.1 Å². The molecule has 2 nitrogen and oxygen atoms in total. The zero-order valence-electron chi connectivity index (χ0n) is 9.16. The lowest BCUT2D eigenvalue weighted by Gasteiger charge is -2.21. The molecule has 1 aromatic rings. The molecular formula is C11H18N2S2. The van der Waals surface area contributed by atoms with Crippen LogP contribution in [0.5, 0.6) is 0 Å². The van der Waals surface area contributed by atoms with Crippen LogP contribution in [0, 0.1) is 6.92 Å². The smallest absolute Gasteiger partial charge is 0.107 e. The van der Waals surface area contributed by atoms with E-state index in [9.17, 15) is 0 Å². The van der Waals surface area contributed by atoms with Crippen molar-refractivity contribution < 1.29 is 0 Å². The van der Waals surface area contributed by atoms with E-state index in [0.29, 0.717) is 0 Å². The zero-order chi connectivity index (χ0) is 10.5. The van der Waals surface area contributed by atoms with Crippen molar-refractivity contribution in [2.75, 3.05) is 12.3 Å². The van der Waals surface area contributed by atoms with Gasteiger partial charge in [0.25, 0.3) is 0 Å². The Bertz CT molecular complexity index is 293. The first-order chi connectivity index (χ1) is 7.34. The van der Waals surface area contributed by atoms with E-state index in [2.05, 4.69) is 34.4 Å². The number of nitrogens with zero attached hydrogens (tertiary/aromatic N) is 1. The first-order valence-corrected chi connectivity index (χ1v) is 7.51. The van der Waals surface area contributed by atoms with E-state index < -0.39 is 0 Å². The number of thiazole rings is 1. The van der Waals surface area contributed by atoms with E-state index in [0.717, 1.165) is 24.0 Å². The highest BCUT2D eigenvalue weighted by molar-refractivity contribution is 7.99. The van der Waals surface area contributed by atoms with Crippen LogP contribution < -0.4 is 5.32 Å². The molecule has 1 fully saturated rings. The van der Waals surface area contributed by atoms with Crippen molar-refractivity contribution in [3.8, 4) is 0 Å². The monoisotopic (exact) mass is 242 g/mol. The molecule has 2 rings (SSSR count). The van der Waals surface area contributed by atoms with Crippen LogP contribution in [-0.2, 0) is 6.54 Å². The van der Waals surface area contributed by atoms with E-state index in [1.807, 2.05) is 0 Å². The van der Waals surface area contributed by atoms with E-state index >= 15 is 0 Å². The topological polar surface area (TPSA) is 24.9 Å². The molecule has 0 amide bonds. The number of rotatable bonds is 4. The maximum absolute atomic E-state index is 4.44. The average Bonchev–Trinajstić information content (AvgIpc) is 2.66. The summed E-state index contributed by atoms with van der Waals surface area (Å²) in [4.78, 5) is 4.44. The van der Waals surface area contributed by atoms with Crippen molar-refractivity contribution in [1.29, 1.82) is 0 Å². The Morgan fingerprint density at radius 3 is 3.13 bits per heavy atom. The lowest BCUT2D eigenvalue weighted by atomic mass is 10.2. The normalized spacial score (nSPS) is 21.8. The van der Waals surface area contributed by atoms with Crippen molar-refractivity contribution in [3.63, 3.8) is 0 Å². The minimum absolute atomic E-state index is 0.833. The highest BCUT2D eigenvalue weighted by Gasteiger charge is 2.13. The van der Waals surface area contributed by atoms with Crippen LogP contribution in [-0.4, -0.2) is 22.5 Å². The summed E-state index contributed by atoms with van der Waals surface area (Å²) in [7, 11) is 0. The lowest BCUT2D eigenvalue weighted by molar-refractivity contribution is 0.596. The molecule has 0 saturated carbocycles. The van der Waals surface area contributed by atoms with Gasteiger partial charge in [-0.25, -0.2) is 4.98 Å². The fraction of sp³-hybridized carbons (Fsp3) is 0.727. The van der Waals surface area contributed by atoms with Crippen LogP contribution in [0.3, 0.4) is 0 Å². The second-order valence-electron chi connectivity index (χ2n) is 4.00. The standard InChI is InChI=1S/C11H18N2S2/c1-9-8-15-11(13-9)7-12-6-10-4-2-3-5-14-10/h8,10,12H,2-7H2,1H3. The summed E-state index contributed by atoms with van der Waals surface area (Å²) in [6.45, 7) is 4.13. The van der Waals surface area contributed by atoms with Gasteiger partial charge in [-0.15, -0.1) is 11.3 Å². The van der Waals surface area contributed by atoms with Gasteiger partial charge in [0.2, 0.25) is 0 Å². The molecular weight excluding hydrogens is 224 g/mol. The molecule has 1 N–H and O–H groups in total. The maximum atomic E-state index is 4.44. The molecule has 2 heterocycles. The van der Waals surface area contributed by atoms with Gasteiger partial charge in [-0.1, -0.05) is 6.42 Å². The largest absolute Gasteiger partial charge is 0.309 e. The van der Waals surface area contributed by atoms with Gasteiger partial charge in [-0.3, -0.25) is 0 Å². The Labute approximate surface area is 99.9 Å². The molecule has 0 aromatic carbocycles. The Balaban J connectivity index is 1.65. The van der Waals surface area contributed by atoms with Crippen molar-refractivity contribution in [3.05, 3.63) is 16.1 Å². The third kappa shape index (κ3) is 3.78. The van der Waals surface area contributed by atoms with Crippen LogP contribution in [0.25, 0.3) is 0 Å². The summed E-state index contributed by atoms with van der Waals surface area (Å²) < 4.78 is 0. The second-order valence-corrected chi connectivity index (χ2v) is 6.35. The Kier molecular flexibility index (Phi) is 4.47. The molecule has 1 atom stereocenters. The number of aromatic nitrogens is 1. The fourth-order valence-corrected chi connectivity index (χ4v) is 3.81. The van der Waals surface area contributed by atoms with Crippen molar-refractivity contribution in [2.24, 2.45) is 0 Å². The molecule has 0 radical (unpaired) electrons. The van der Waals surface area contributed by atoms with Gasteiger partial charge in [-0.05, 0) is 25.5 Å². The molecule has 4 heteroatoms. The molecule has 0 spiro atoms. The van der Waals surface area contributed by atoms with E-state index in [-0.39, 0.29) is 0 Å². The van der Waals surface area contributed by atoms with Gasteiger partial charge in [0.1, 0.15) is 5.01 Å². The number of thioether (sulfide) groups is 1. The summed E-state index contributed by atoms with van der Waals surface area (Å²) in [5, 5.41) is 7.68. The third-order valence-corrected chi connectivity index (χ3v) is 4.95. The van der Waals surface area contributed by atoms with Crippen LogP contribution in [0.2, 0.25) is 0 Å². The van der Waals surface area contributed by atoms with Gasteiger partial charge < -0.3 is 5.32 Å². The maximum Gasteiger partial charge on any atom is 0.107 e. The SMILES string of the molecule is Cc1csc(CNCC2CCCCS2)n1. The highest BCUT2D eigenvalue weighted by atomic mass is 32.2. The Morgan fingerprint density at radius 1 is 1.53 bits per heavy atom. The van der Waals surface area contributed by atoms with E-state index in [4.69, 9.17) is 0 Å². The summed E-state index contributed by atoms with van der Waals surface area (Å²) in [6.07, 6.45) is 4.21. The first-order valence-electron chi connectivity index (χ1n) is 5.58. The van der Waals surface area contributed by atoms with Crippen molar-refractivity contribution in [2.45, 2.75) is 38.0 Å². The lowest BCUT2D eigenvalue weighted by Crippen LogP contribution is -2.26. The van der Waals surface area contributed by atoms with E-state index in [1.165, 1.54) is 30.0 Å². The van der Waals surface area contributed by atoms with Gasteiger partial charge in [0, 0.05) is 29.4 Å². The van der Waals surface area contributed by atoms with Gasteiger partial charge >= 0.3 is 0 Å². The number of aryl methyl sites for hydroxylation is 1. The number of hydrogen-bond donors (Lipinski definition) is 1. The molecule has 1 unspecified atom stereocenters. The van der Waals surface area contributed by atoms with Crippen molar-refractivity contribution in [1.82, 2.24) is 10.3 Å². The molecule has 84 valence electrons. The quantitative estimate of drug-likeness (QED) is 0.879. The zero-order valence-corrected chi connectivity index (χ0v) is 10.8. The number of nitrogens with one attached hydrogen (secondary N) is 1. The molecule has 0 aliphatic carbocycles. The summed E-state index contributed by atoms with van der Waals surface area (Å²) in [5.41, 5.74) is 1.14. The molecule has 1 aliphatic rings. The minimum Gasteiger partial charge on any atom is -0.309 e. The molecule has 15 heavy (non-hydrogen) atoms. The molecule has 0 bridgehead atoms. The highest BCUT2D eigenvalue weighted by Crippen LogP contribution is 2.24. The minimum atomic E-state index is 0.833. The molecule has 1 aromatic heterocycles. The van der Waals surface area contributed by atoms with E-state index in [1.54, 1.807) is 11.3 Å². The second kappa shape index (κ2) is 5.87. The third-order valence-electron chi connectivity index (χ3n) is 2.59. The summed E-state index contributed by atoms with van der Waals surface area (Å²) in [6, 6.07) is 0. The summed E-state index contributed by atoms with van der Waals surface area (Å²) >= 11 is 3.88. The molecule has 1 aliphatic heterocycles. The van der Waals surface area contributed by atoms with Gasteiger partial charge in [-0.2, -0.15) is 11.8 Å². The average molecular weight is 242 g/mol.